The Balaban J connectivity index is 1.63. The molecule has 0 fully saturated rings. The molecule has 148 valence electrons. The lowest BCUT2D eigenvalue weighted by atomic mass is 10.2. The molecule has 0 aromatic heterocycles. The molecule has 30 heavy (non-hydrogen) atoms. The minimum absolute atomic E-state index is 0.264. The summed E-state index contributed by atoms with van der Waals surface area (Å²) in [6.45, 7) is 0. The first-order chi connectivity index (χ1) is 14.6. The molecule has 4 aromatic rings. The van der Waals surface area contributed by atoms with Crippen molar-refractivity contribution in [3.05, 3.63) is 103 Å². The second kappa shape index (κ2) is 7.82. The largest absolute Gasteiger partial charge is 0.343 e. The minimum atomic E-state index is -0.471. The number of fused-ring (bicyclic) bond motifs is 2. The van der Waals surface area contributed by atoms with Crippen molar-refractivity contribution < 1.29 is 8.78 Å². The summed E-state index contributed by atoms with van der Waals surface area (Å²) in [5, 5.41) is 0. The van der Waals surface area contributed by atoms with E-state index < -0.39 is 10.9 Å². The number of anilines is 2. The predicted octanol–water partition coefficient (Wildman–Crippen LogP) is 7.29. The normalized spacial score (nSPS) is 12.6. The van der Waals surface area contributed by atoms with Crippen molar-refractivity contribution in [2.24, 2.45) is 0 Å². The van der Waals surface area contributed by atoms with Gasteiger partial charge in [-0.3, -0.25) is 0 Å². The Bertz CT molecular complexity index is 1160. The summed E-state index contributed by atoms with van der Waals surface area (Å²) in [6, 6.07) is 28.0. The lowest BCUT2D eigenvalue weighted by molar-refractivity contribution is 0.626. The fourth-order valence-corrected chi connectivity index (χ4v) is 6.79. The Hall–Kier alpha value is -2.76. The smallest absolute Gasteiger partial charge is 0.168 e. The second-order valence-electron chi connectivity index (χ2n) is 6.97. The zero-order chi connectivity index (χ0) is 20.7. The van der Waals surface area contributed by atoms with Crippen LogP contribution in [-0.2, 0) is 10.9 Å². The van der Waals surface area contributed by atoms with Gasteiger partial charge in [0.25, 0.3) is 0 Å². The van der Waals surface area contributed by atoms with Gasteiger partial charge in [0.2, 0.25) is 0 Å². The van der Waals surface area contributed by atoms with Gasteiger partial charge in [0, 0.05) is 22.9 Å². The number of benzene rings is 4. The molecular weight excluding hydrogens is 416 g/mol. The monoisotopic (exact) mass is 434 g/mol. The number of hydrogen-bond donors (Lipinski definition) is 0. The number of hydrogen-bond acceptors (Lipinski definition) is 2. The van der Waals surface area contributed by atoms with Gasteiger partial charge in [-0.1, -0.05) is 23.9 Å². The van der Waals surface area contributed by atoms with Crippen molar-refractivity contribution in [1.82, 2.24) is 0 Å². The van der Waals surface area contributed by atoms with Gasteiger partial charge in [-0.15, -0.1) is 0 Å². The van der Waals surface area contributed by atoms with Gasteiger partial charge in [0.05, 0.1) is 22.3 Å². The van der Waals surface area contributed by atoms with Gasteiger partial charge in [-0.05, 0) is 72.8 Å². The fourth-order valence-electron chi connectivity index (χ4n) is 3.59. The molecule has 0 spiro atoms. The maximum atomic E-state index is 13.6. The average Bonchev–Trinajstić information content (AvgIpc) is 2.77. The molecule has 0 saturated heterocycles. The number of para-hydroxylation sites is 1. The molecule has 1 heterocycles. The van der Waals surface area contributed by atoms with Crippen LogP contribution in [0.3, 0.4) is 0 Å². The second-order valence-corrected chi connectivity index (χ2v) is 10.1. The first-order valence-corrected chi connectivity index (χ1v) is 11.5. The van der Waals surface area contributed by atoms with Crippen LogP contribution >= 0.6 is 11.8 Å². The zero-order valence-corrected chi connectivity index (χ0v) is 17.8. The molecule has 1 nitrogen and oxygen atoms in total. The van der Waals surface area contributed by atoms with Gasteiger partial charge in [0.15, 0.2) is 14.7 Å². The average molecular weight is 435 g/mol. The highest BCUT2D eigenvalue weighted by Gasteiger charge is 2.31. The molecule has 0 amide bonds. The topological polar surface area (TPSA) is 3.24 Å². The zero-order valence-electron chi connectivity index (χ0n) is 16.2. The summed E-state index contributed by atoms with van der Waals surface area (Å²) in [6.07, 6.45) is 0. The van der Waals surface area contributed by atoms with Crippen LogP contribution in [0.2, 0.25) is 0 Å². The Morgan fingerprint density at radius 3 is 1.80 bits per heavy atom. The van der Waals surface area contributed by atoms with E-state index in [1.807, 2.05) is 30.3 Å². The molecule has 4 aromatic carbocycles. The van der Waals surface area contributed by atoms with Crippen LogP contribution in [0.5, 0.6) is 0 Å². The van der Waals surface area contributed by atoms with Crippen LogP contribution in [-0.4, -0.2) is 7.05 Å². The standard InChI is InChI=1S/C25H18F2NS2/c1-28-22-4-2-3-5-24(22)29-25-15-14-21(16-23(25)28)30(19-10-6-17(26)7-11-19)20-12-8-18(27)9-13-20/h2-16H,1H3/q+1. The highest BCUT2D eigenvalue weighted by Crippen LogP contribution is 2.48. The molecule has 0 N–H and O–H groups in total. The quantitative estimate of drug-likeness (QED) is 0.311. The van der Waals surface area contributed by atoms with Gasteiger partial charge in [0.1, 0.15) is 11.6 Å². The van der Waals surface area contributed by atoms with E-state index in [9.17, 15) is 8.78 Å². The third-order valence-corrected chi connectivity index (χ3v) is 8.42. The van der Waals surface area contributed by atoms with Gasteiger partial charge in [-0.25, -0.2) is 8.78 Å². The Morgan fingerprint density at radius 2 is 1.17 bits per heavy atom. The summed E-state index contributed by atoms with van der Waals surface area (Å²) >= 11 is 1.76. The van der Waals surface area contributed by atoms with Crippen molar-refractivity contribution >= 4 is 34.0 Å². The van der Waals surface area contributed by atoms with Crippen molar-refractivity contribution in [2.75, 3.05) is 11.9 Å². The summed E-state index contributed by atoms with van der Waals surface area (Å²) in [4.78, 5) is 7.74. The lowest BCUT2D eigenvalue weighted by Crippen LogP contribution is -2.15. The molecule has 5 rings (SSSR count). The molecule has 0 atom stereocenters. The Labute approximate surface area is 181 Å². The highest BCUT2D eigenvalue weighted by atomic mass is 32.2. The van der Waals surface area contributed by atoms with Crippen molar-refractivity contribution in [1.29, 1.82) is 0 Å². The predicted molar refractivity (Wildman–Crippen MR) is 120 cm³/mol. The maximum absolute atomic E-state index is 13.6. The SMILES string of the molecule is CN1c2ccccc2Sc2ccc([S+](c3ccc(F)cc3)c3ccc(F)cc3)cc21. The lowest BCUT2D eigenvalue weighted by Gasteiger charge is -2.29. The number of halogens is 2. The maximum Gasteiger partial charge on any atom is 0.168 e. The molecule has 1 aliphatic rings. The third kappa shape index (κ3) is 3.48. The van der Waals surface area contributed by atoms with Crippen LogP contribution in [0.15, 0.2) is 115 Å². The molecule has 0 saturated carbocycles. The molecular formula is C25H18F2NS2+. The summed E-state index contributed by atoms with van der Waals surface area (Å²) in [7, 11) is 1.61. The molecule has 0 aliphatic carbocycles. The van der Waals surface area contributed by atoms with Crippen LogP contribution in [0.25, 0.3) is 0 Å². The summed E-state index contributed by atoms with van der Waals surface area (Å²) in [5.74, 6) is -0.529. The fraction of sp³-hybridized carbons (Fsp3) is 0.0400. The molecule has 5 heteroatoms. The minimum Gasteiger partial charge on any atom is -0.343 e. The van der Waals surface area contributed by atoms with Crippen molar-refractivity contribution in [2.45, 2.75) is 24.5 Å². The van der Waals surface area contributed by atoms with Crippen LogP contribution < -0.4 is 4.90 Å². The number of rotatable bonds is 3. The molecule has 1 aliphatic heterocycles. The van der Waals surface area contributed by atoms with Gasteiger partial charge in [-0.2, -0.15) is 0 Å². The summed E-state index contributed by atoms with van der Waals surface area (Å²) in [5.41, 5.74) is 2.31. The van der Waals surface area contributed by atoms with E-state index in [0.29, 0.717) is 0 Å². The first-order valence-electron chi connectivity index (χ1n) is 9.50. The van der Waals surface area contributed by atoms with Crippen molar-refractivity contribution in [3.63, 3.8) is 0 Å². The van der Waals surface area contributed by atoms with Gasteiger partial charge >= 0.3 is 0 Å². The molecule has 0 bridgehead atoms. The van der Waals surface area contributed by atoms with E-state index in [0.717, 1.165) is 20.4 Å². The van der Waals surface area contributed by atoms with Gasteiger partial charge < -0.3 is 4.90 Å². The van der Waals surface area contributed by atoms with Crippen LogP contribution in [0.1, 0.15) is 0 Å². The van der Waals surface area contributed by atoms with E-state index in [1.165, 1.54) is 39.7 Å². The van der Waals surface area contributed by atoms with Crippen LogP contribution in [0, 0.1) is 11.6 Å². The molecule has 0 unspecified atom stereocenters. The van der Waals surface area contributed by atoms with E-state index in [1.54, 1.807) is 11.8 Å². The number of nitrogens with zero attached hydrogens (tertiary/aromatic N) is 1. The van der Waals surface area contributed by atoms with E-state index in [4.69, 9.17) is 0 Å². The van der Waals surface area contributed by atoms with E-state index in [-0.39, 0.29) is 11.6 Å². The highest BCUT2D eigenvalue weighted by molar-refractivity contribution is 7.99. The Morgan fingerprint density at radius 1 is 0.633 bits per heavy atom. The van der Waals surface area contributed by atoms with Crippen LogP contribution in [0.4, 0.5) is 20.2 Å². The third-order valence-electron chi connectivity index (χ3n) is 5.07. The van der Waals surface area contributed by atoms with E-state index >= 15 is 0 Å². The van der Waals surface area contributed by atoms with Crippen molar-refractivity contribution in [3.8, 4) is 0 Å². The first kappa shape index (κ1) is 19.2. The summed E-state index contributed by atoms with van der Waals surface area (Å²) < 4.78 is 27.1. The van der Waals surface area contributed by atoms with E-state index in [2.05, 4.69) is 48.3 Å². The molecule has 0 radical (unpaired) electrons. The Kier molecular flexibility index (Phi) is 5.01.